The van der Waals surface area contributed by atoms with Gasteiger partial charge in [-0.25, -0.2) is 9.59 Å². The predicted molar refractivity (Wildman–Crippen MR) is 93.8 cm³/mol. The molecule has 1 unspecified atom stereocenters. The summed E-state index contributed by atoms with van der Waals surface area (Å²) >= 11 is 0. The first kappa shape index (κ1) is 22.5. The monoisotopic (exact) mass is 342 g/mol. The van der Waals surface area contributed by atoms with Crippen LogP contribution in [0.5, 0.6) is 0 Å². The van der Waals surface area contributed by atoms with E-state index in [0.717, 1.165) is 0 Å². The van der Waals surface area contributed by atoms with Crippen LogP contribution in [0.4, 0.5) is 0 Å². The van der Waals surface area contributed by atoms with Crippen LogP contribution < -0.4 is 0 Å². The lowest BCUT2D eigenvalue weighted by atomic mass is 9.89. The van der Waals surface area contributed by atoms with Gasteiger partial charge in [-0.15, -0.1) is 0 Å². The number of ether oxygens (including phenoxy) is 2. The van der Waals surface area contributed by atoms with E-state index in [1.165, 1.54) is 0 Å². The fourth-order valence-electron chi connectivity index (χ4n) is 1.47. The van der Waals surface area contributed by atoms with Gasteiger partial charge in [-0.1, -0.05) is 41.5 Å². The summed E-state index contributed by atoms with van der Waals surface area (Å²) in [6.45, 7) is 17.2. The van der Waals surface area contributed by atoms with Gasteiger partial charge in [0.1, 0.15) is 0 Å². The summed E-state index contributed by atoms with van der Waals surface area (Å²) in [5, 5.41) is 8.33. The van der Waals surface area contributed by atoms with E-state index in [0.29, 0.717) is 13.2 Å². The lowest BCUT2D eigenvalue weighted by Crippen LogP contribution is -2.42. The Morgan fingerprint density at radius 3 is 1.58 bits per heavy atom. The van der Waals surface area contributed by atoms with E-state index in [2.05, 4.69) is 10.2 Å². The molecular formula is C18H34N2O4. The molecule has 0 amide bonds. The largest absolute Gasteiger partial charge is 0.464 e. The van der Waals surface area contributed by atoms with Crippen molar-refractivity contribution >= 4 is 11.9 Å². The van der Waals surface area contributed by atoms with Crippen molar-refractivity contribution in [3.8, 4) is 0 Å². The summed E-state index contributed by atoms with van der Waals surface area (Å²) in [7, 11) is 0. The van der Waals surface area contributed by atoms with Gasteiger partial charge in [0.05, 0.1) is 13.2 Å². The first-order valence-electron chi connectivity index (χ1n) is 8.61. The van der Waals surface area contributed by atoms with Crippen molar-refractivity contribution in [2.75, 3.05) is 13.2 Å². The van der Waals surface area contributed by atoms with Crippen LogP contribution >= 0.6 is 0 Å². The Balaban J connectivity index is 5.17. The molecule has 0 saturated heterocycles. The Morgan fingerprint density at radius 2 is 1.21 bits per heavy atom. The Morgan fingerprint density at radius 1 is 0.792 bits per heavy atom. The smallest absolute Gasteiger partial charge is 0.335 e. The minimum Gasteiger partial charge on any atom is -0.464 e. The Kier molecular flexibility index (Phi) is 8.58. The number of azo groups is 1. The molecule has 6 nitrogen and oxygen atoms in total. The maximum Gasteiger partial charge on any atom is 0.335 e. The summed E-state index contributed by atoms with van der Waals surface area (Å²) in [5.41, 5.74) is -2.28. The third kappa shape index (κ3) is 6.97. The molecule has 0 aliphatic rings. The van der Waals surface area contributed by atoms with E-state index in [4.69, 9.17) is 9.47 Å². The summed E-state index contributed by atoms with van der Waals surface area (Å²) in [6, 6.07) is 0. The predicted octanol–water partition coefficient (Wildman–Crippen LogP) is 4.03. The number of carbonyl (C=O) groups is 2. The molecular weight excluding hydrogens is 308 g/mol. The number of rotatable bonds is 9. The van der Waals surface area contributed by atoms with Gasteiger partial charge in [0.2, 0.25) is 0 Å². The molecule has 0 aliphatic carbocycles. The average Bonchev–Trinajstić information content (AvgIpc) is 2.47. The molecule has 0 aliphatic heterocycles. The zero-order valence-corrected chi connectivity index (χ0v) is 16.7. The fraction of sp³-hybridized carbons (Fsp3) is 0.889. The van der Waals surface area contributed by atoms with Gasteiger partial charge < -0.3 is 9.47 Å². The molecule has 0 bridgehead atoms. The standard InChI is InChI=1S/C18H34N2O4/c1-12(2)10-23-15(21)17(7,8)19-20-18(9,14(5)6)16(22)24-11-13(3)4/h12-14H,10-11H2,1-9H3. The maximum atomic E-state index is 12.4. The van der Waals surface area contributed by atoms with Crippen LogP contribution in [0.2, 0.25) is 0 Å². The van der Waals surface area contributed by atoms with Crippen molar-refractivity contribution in [2.24, 2.45) is 28.0 Å². The summed E-state index contributed by atoms with van der Waals surface area (Å²) < 4.78 is 10.6. The lowest BCUT2D eigenvalue weighted by molar-refractivity contribution is -0.154. The highest BCUT2D eigenvalue weighted by Crippen LogP contribution is 2.26. The molecule has 6 heteroatoms. The topological polar surface area (TPSA) is 77.3 Å². The zero-order chi connectivity index (χ0) is 19.1. The van der Waals surface area contributed by atoms with E-state index in [9.17, 15) is 9.59 Å². The van der Waals surface area contributed by atoms with Crippen molar-refractivity contribution in [3.63, 3.8) is 0 Å². The summed E-state index contributed by atoms with van der Waals surface area (Å²) in [5.74, 6) is -0.523. The fourth-order valence-corrected chi connectivity index (χ4v) is 1.47. The van der Waals surface area contributed by atoms with Gasteiger partial charge in [-0.3, -0.25) is 0 Å². The van der Waals surface area contributed by atoms with E-state index in [1.54, 1.807) is 20.8 Å². The number of esters is 2. The van der Waals surface area contributed by atoms with E-state index >= 15 is 0 Å². The molecule has 0 heterocycles. The Hall–Kier alpha value is -1.46. The lowest BCUT2D eigenvalue weighted by Gasteiger charge is -2.28. The molecule has 0 fully saturated rings. The first-order chi connectivity index (χ1) is 10.8. The Labute approximate surface area is 146 Å². The highest BCUT2D eigenvalue weighted by atomic mass is 16.5. The van der Waals surface area contributed by atoms with E-state index in [1.807, 2.05) is 41.5 Å². The van der Waals surface area contributed by atoms with Gasteiger partial charge >= 0.3 is 11.9 Å². The second-order valence-electron chi connectivity index (χ2n) is 8.05. The highest BCUT2D eigenvalue weighted by molar-refractivity contribution is 5.81. The van der Waals surface area contributed by atoms with E-state index in [-0.39, 0.29) is 17.8 Å². The number of hydrogen-bond donors (Lipinski definition) is 0. The Bertz CT molecular complexity index is 456. The van der Waals surface area contributed by atoms with Crippen molar-refractivity contribution in [3.05, 3.63) is 0 Å². The van der Waals surface area contributed by atoms with Gasteiger partial charge in [0, 0.05) is 0 Å². The van der Waals surface area contributed by atoms with Crippen molar-refractivity contribution in [2.45, 2.75) is 73.4 Å². The van der Waals surface area contributed by atoms with Crippen LogP contribution in [-0.2, 0) is 19.1 Å². The van der Waals surface area contributed by atoms with Crippen molar-refractivity contribution in [1.82, 2.24) is 0 Å². The van der Waals surface area contributed by atoms with Crippen LogP contribution in [-0.4, -0.2) is 36.2 Å². The van der Waals surface area contributed by atoms with Crippen molar-refractivity contribution < 1.29 is 19.1 Å². The molecule has 0 aromatic carbocycles. The van der Waals surface area contributed by atoms with Crippen LogP contribution in [0.25, 0.3) is 0 Å². The highest BCUT2D eigenvalue weighted by Gasteiger charge is 2.40. The quantitative estimate of drug-likeness (QED) is 0.468. The third-order valence-electron chi connectivity index (χ3n) is 3.64. The first-order valence-corrected chi connectivity index (χ1v) is 8.61. The summed E-state index contributed by atoms with van der Waals surface area (Å²) in [4.78, 5) is 24.6. The SMILES string of the molecule is CC(C)COC(=O)C(C)(C)N=NC(C)(C(=O)OCC(C)C)C(C)C. The molecule has 0 aromatic heterocycles. The van der Waals surface area contributed by atoms with Gasteiger partial charge in [0.25, 0.3) is 0 Å². The molecule has 0 aromatic rings. The molecule has 0 rings (SSSR count). The van der Waals surface area contributed by atoms with Crippen LogP contribution in [0, 0.1) is 17.8 Å². The molecule has 140 valence electrons. The van der Waals surface area contributed by atoms with Crippen LogP contribution in [0.1, 0.15) is 62.3 Å². The van der Waals surface area contributed by atoms with Crippen LogP contribution in [0.15, 0.2) is 10.2 Å². The van der Waals surface area contributed by atoms with E-state index < -0.39 is 23.0 Å². The number of nitrogens with zero attached hydrogens (tertiary/aromatic N) is 2. The minimum absolute atomic E-state index is 0.122. The molecule has 0 spiro atoms. The summed E-state index contributed by atoms with van der Waals surface area (Å²) in [6.07, 6.45) is 0. The molecule has 1 atom stereocenters. The number of carbonyl (C=O) groups excluding carboxylic acids is 2. The second kappa shape index (κ2) is 9.14. The average molecular weight is 342 g/mol. The maximum absolute atomic E-state index is 12.4. The zero-order valence-electron chi connectivity index (χ0n) is 16.7. The molecule has 0 saturated carbocycles. The second-order valence-corrected chi connectivity index (χ2v) is 8.05. The van der Waals surface area contributed by atoms with Crippen LogP contribution in [0.3, 0.4) is 0 Å². The number of hydrogen-bond acceptors (Lipinski definition) is 6. The minimum atomic E-state index is -1.15. The van der Waals surface area contributed by atoms with Gasteiger partial charge in [-0.05, 0) is 38.5 Å². The molecule has 0 radical (unpaired) electrons. The molecule has 24 heavy (non-hydrogen) atoms. The third-order valence-corrected chi connectivity index (χ3v) is 3.64. The normalized spacial score (nSPS) is 15.2. The van der Waals surface area contributed by atoms with Gasteiger partial charge in [0.15, 0.2) is 11.1 Å². The molecule has 0 N–H and O–H groups in total. The van der Waals surface area contributed by atoms with Crippen molar-refractivity contribution in [1.29, 1.82) is 0 Å². The van der Waals surface area contributed by atoms with Gasteiger partial charge in [-0.2, -0.15) is 10.2 Å².